The number of hydrogen-bond donors (Lipinski definition) is 2. The molecule has 1 atom stereocenters. The smallest absolute Gasteiger partial charge is 0.139 e. The number of anilines is 1. The van der Waals surface area contributed by atoms with Crippen molar-refractivity contribution in [3.8, 4) is 0 Å². The minimum absolute atomic E-state index is 0.0632. The van der Waals surface area contributed by atoms with Crippen molar-refractivity contribution < 1.29 is 0 Å². The highest BCUT2D eigenvalue weighted by atomic mass is 15.2. The fourth-order valence-corrected chi connectivity index (χ4v) is 1.37. The summed E-state index contributed by atoms with van der Waals surface area (Å²) in [6.07, 6.45) is 2.76. The molecule has 0 aliphatic rings. The highest BCUT2D eigenvalue weighted by molar-refractivity contribution is 5.99. The molecule has 1 aromatic rings. The molecule has 0 aliphatic carbocycles. The van der Waals surface area contributed by atoms with E-state index in [9.17, 15) is 0 Å². The molecule has 4 heteroatoms. The van der Waals surface area contributed by atoms with E-state index in [2.05, 4.69) is 23.7 Å². The molecule has 1 unspecified atom stereocenters. The van der Waals surface area contributed by atoms with Crippen molar-refractivity contribution in [2.75, 3.05) is 11.9 Å². The Labute approximate surface area is 90.6 Å². The maximum absolute atomic E-state index is 7.48. The van der Waals surface area contributed by atoms with Gasteiger partial charge in [-0.05, 0) is 25.5 Å². The molecule has 0 amide bonds. The molecule has 4 nitrogen and oxygen atoms in total. The van der Waals surface area contributed by atoms with E-state index in [0.29, 0.717) is 11.6 Å². The van der Waals surface area contributed by atoms with Gasteiger partial charge in [-0.1, -0.05) is 6.92 Å². The van der Waals surface area contributed by atoms with Gasteiger partial charge in [0.2, 0.25) is 0 Å². The van der Waals surface area contributed by atoms with Crippen molar-refractivity contribution in [1.29, 1.82) is 5.41 Å². The summed E-state index contributed by atoms with van der Waals surface area (Å²) in [6.45, 7) is 4.25. The number of nitrogens with zero attached hydrogens (tertiary/aromatic N) is 2. The summed E-state index contributed by atoms with van der Waals surface area (Å²) in [6, 6.07) is 4.01. The lowest BCUT2D eigenvalue weighted by Gasteiger charge is -2.26. The number of aromatic nitrogens is 1. The number of nitrogen functional groups attached to an aromatic ring is 1. The van der Waals surface area contributed by atoms with Gasteiger partial charge in [-0.3, -0.25) is 5.41 Å². The second kappa shape index (κ2) is 4.77. The first kappa shape index (κ1) is 11.5. The molecule has 82 valence electrons. The second-order valence-electron chi connectivity index (χ2n) is 3.66. The zero-order valence-corrected chi connectivity index (χ0v) is 9.49. The van der Waals surface area contributed by atoms with Crippen LogP contribution in [0.15, 0.2) is 18.3 Å². The molecule has 1 heterocycles. The van der Waals surface area contributed by atoms with Crippen LogP contribution in [0.2, 0.25) is 0 Å². The third-order valence-electron chi connectivity index (χ3n) is 2.66. The Morgan fingerprint density at radius 1 is 1.67 bits per heavy atom. The van der Waals surface area contributed by atoms with E-state index in [-0.39, 0.29) is 5.84 Å². The first-order chi connectivity index (χ1) is 7.07. The lowest BCUT2D eigenvalue weighted by atomic mass is 10.2. The predicted molar refractivity (Wildman–Crippen MR) is 63.4 cm³/mol. The fourth-order valence-electron chi connectivity index (χ4n) is 1.37. The molecule has 0 spiro atoms. The number of nitrogens with two attached hydrogens (primary N) is 1. The first-order valence-electron chi connectivity index (χ1n) is 5.10. The van der Waals surface area contributed by atoms with Gasteiger partial charge < -0.3 is 10.6 Å². The lowest BCUT2D eigenvalue weighted by molar-refractivity contribution is 0.656. The maximum atomic E-state index is 7.48. The summed E-state index contributed by atoms with van der Waals surface area (Å²) in [4.78, 5) is 6.33. The third-order valence-corrected chi connectivity index (χ3v) is 2.66. The molecule has 0 aromatic carbocycles. The number of rotatable bonds is 4. The van der Waals surface area contributed by atoms with Crippen molar-refractivity contribution in [3.63, 3.8) is 0 Å². The summed E-state index contributed by atoms with van der Waals surface area (Å²) in [5, 5.41) is 7.48. The Morgan fingerprint density at radius 3 is 2.87 bits per heavy atom. The fraction of sp³-hybridized carbons (Fsp3) is 0.455. The Morgan fingerprint density at radius 2 is 2.33 bits per heavy atom. The van der Waals surface area contributed by atoms with Crippen LogP contribution in [0, 0.1) is 5.41 Å². The van der Waals surface area contributed by atoms with Crippen LogP contribution in [0.5, 0.6) is 0 Å². The van der Waals surface area contributed by atoms with E-state index >= 15 is 0 Å². The summed E-state index contributed by atoms with van der Waals surface area (Å²) >= 11 is 0. The van der Waals surface area contributed by atoms with Crippen molar-refractivity contribution in [1.82, 2.24) is 4.98 Å². The van der Waals surface area contributed by atoms with Crippen LogP contribution in [0.25, 0.3) is 0 Å². The van der Waals surface area contributed by atoms with Gasteiger partial charge in [0.05, 0.1) is 5.56 Å². The minimum atomic E-state index is 0.0632. The summed E-state index contributed by atoms with van der Waals surface area (Å²) in [7, 11) is 1.98. The van der Waals surface area contributed by atoms with Crippen LogP contribution in [0.1, 0.15) is 25.8 Å². The van der Waals surface area contributed by atoms with Crippen molar-refractivity contribution in [2.45, 2.75) is 26.3 Å². The molecular weight excluding hydrogens is 188 g/mol. The van der Waals surface area contributed by atoms with Crippen LogP contribution >= 0.6 is 0 Å². The highest BCUT2D eigenvalue weighted by Gasteiger charge is 2.14. The Hall–Kier alpha value is -1.58. The molecule has 0 bridgehead atoms. The maximum Gasteiger partial charge on any atom is 0.139 e. The molecule has 0 aliphatic heterocycles. The van der Waals surface area contributed by atoms with Gasteiger partial charge in [0.25, 0.3) is 0 Å². The SMILES string of the molecule is CCC(C)N(C)c1ncccc1C(=N)N. The average Bonchev–Trinajstić information content (AvgIpc) is 2.27. The molecular formula is C11H18N4. The van der Waals surface area contributed by atoms with Gasteiger partial charge >= 0.3 is 0 Å². The van der Waals surface area contributed by atoms with Crippen LogP contribution in [-0.2, 0) is 0 Å². The topological polar surface area (TPSA) is 66.0 Å². The molecule has 0 saturated carbocycles. The van der Waals surface area contributed by atoms with Crippen LogP contribution in [-0.4, -0.2) is 23.9 Å². The van der Waals surface area contributed by atoms with Crippen LogP contribution in [0.4, 0.5) is 5.82 Å². The van der Waals surface area contributed by atoms with Gasteiger partial charge in [0.15, 0.2) is 0 Å². The van der Waals surface area contributed by atoms with E-state index in [1.807, 2.05) is 13.1 Å². The molecule has 0 radical (unpaired) electrons. The predicted octanol–water partition coefficient (Wildman–Crippen LogP) is 1.60. The molecule has 0 fully saturated rings. The standard InChI is InChI=1S/C11H18N4/c1-4-8(2)15(3)11-9(10(12)13)6-5-7-14-11/h5-8H,4H2,1-3H3,(H3,12,13). The number of amidine groups is 1. The summed E-state index contributed by atoms with van der Waals surface area (Å²) < 4.78 is 0. The van der Waals surface area contributed by atoms with Gasteiger partial charge in [0, 0.05) is 19.3 Å². The molecule has 1 rings (SSSR count). The minimum Gasteiger partial charge on any atom is -0.384 e. The molecule has 0 saturated heterocycles. The van der Waals surface area contributed by atoms with E-state index in [4.69, 9.17) is 11.1 Å². The number of nitrogens with one attached hydrogen (secondary N) is 1. The van der Waals surface area contributed by atoms with Gasteiger partial charge in [-0.25, -0.2) is 4.98 Å². The van der Waals surface area contributed by atoms with Gasteiger partial charge in [-0.15, -0.1) is 0 Å². The molecule has 1 aromatic heterocycles. The number of pyridine rings is 1. The zero-order valence-electron chi connectivity index (χ0n) is 9.49. The van der Waals surface area contributed by atoms with Gasteiger partial charge in [-0.2, -0.15) is 0 Å². The van der Waals surface area contributed by atoms with Crippen molar-refractivity contribution in [3.05, 3.63) is 23.9 Å². The quantitative estimate of drug-likeness (QED) is 0.581. The van der Waals surface area contributed by atoms with E-state index < -0.39 is 0 Å². The number of hydrogen-bond acceptors (Lipinski definition) is 3. The molecule has 15 heavy (non-hydrogen) atoms. The second-order valence-corrected chi connectivity index (χ2v) is 3.66. The lowest BCUT2D eigenvalue weighted by Crippen LogP contribution is -2.31. The third kappa shape index (κ3) is 2.46. The highest BCUT2D eigenvalue weighted by Crippen LogP contribution is 2.18. The van der Waals surface area contributed by atoms with Gasteiger partial charge in [0.1, 0.15) is 11.7 Å². The normalized spacial score (nSPS) is 12.2. The zero-order chi connectivity index (χ0) is 11.4. The Kier molecular flexibility index (Phi) is 3.66. The van der Waals surface area contributed by atoms with Crippen LogP contribution in [0.3, 0.4) is 0 Å². The first-order valence-corrected chi connectivity index (χ1v) is 5.10. The Balaban J connectivity index is 3.07. The summed E-state index contributed by atoms with van der Waals surface area (Å²) in [5.41, 5.74) is 6.21. The van der Waals surface area contributed by atoms with Crippen molar-refractivity contribution >= 4 is 11.7 Å². The van der Waals surface area contributed by atoms with E-state index in [1.54, 1.807) is 12.3 Å². The monoisotopic (exact) mass is 206 g/mol. The average molecular weight is 206 g/mol. The van der Waals surface area contributed by atoms with E-state index in [0.717, 1.165) is 12.2 Å². The Bertz CT molecular complexity index is 348. The largest absolute Gasteiger partial charge is 0.384 e. The van der Waals surface area contributed by atoms with Crippen LogP contribution < -0.4 is 10.6 Å². The van der Waals surface area contributed by atoms with Crippen molar-refractivity contribution in [2.24, 2.45) is 5.73 Å². The summed E-state index contributed by atoms with van der Waals surface area (Å²) in [5.74, 6) is 0.840. The molecule has 3 N–H and O–H groups in total. The van der Waals surface area contributed by atoms with E-state index in [1.165, 1.54) is 0 Å².